The van der Waals surface area contributed by atoms with E-state index in [2.05, 4.69) is 9.69 Å². The van der Waals surface area contributed by atoms with Gasteiger partial charge in [0.2, 0.25) is 5.91 Å². The Kier molecular flexibility index (Phi) is 8.09. The Morgan fingerprint density at radius 2 is 1.76 bits per heavy atom. The number of ether oxygens (including phenoxy) is 1. The molecule has 12 heteroatoms. The Bertz CT molecular complexity index is 1280. The minimum atomic E-state index is -1.22. The van der Waals surface area contributed by atoms with Gasteiger partial charge in [0.05, 0.1) is 11.8 Å². The van der Waals surface area contributed by atoms with E-state index in [0.29, 0.717) is 29.3 Å². The first-order valence-corrected chi connectivity index (χ1v) is 12.3. The highest BCUT2D eigenvalue weighted by Gasteiger charge is 2.35. The van der Waals surface area contributed by atoms with Crippen molar-refractivity contribution in [3.05, 3.63) is 81.9 Å². The van der Waals surface area contributed by atoms with Gasteiger partial charge in [-0.25, -0.2) is 8.78 Å². The van der Waals surface area contributed by atoms with Gasteiger partial charge < -0.3 is 26.4 Å². The predicted molar refractivity (Wildman–Crippen MR) is 132 cm³/mol. The monoisotopic (exact) mass is 529 g/mol. The van der Waals surface area contributed by atoms with Crippen molar-refractivity contribution in [3.63, 3.8) is 0 Å². The Hall–Kier alpha value is -3.90. The molecule has 0 saturated carbocycles. The Morgan fingerprint density at radius 1 is 1.11 bits per heavy atom. The average molecular weight is 530 g/mol. The third-order valence-electron chi connectivity index (χ3n) is 5.96. The van der Waals surface area contributed by atoms with E-state index in [-0.39, 0.29) is 35.5 Å². The second-order valence-electron chi connectivity index (χ2n) is 8.53. The normalized spacial score (nSPS) is 15.8. The number of carbonyl (C=O) groups is 3. The van der Waals surface area contributed by atoms with Crippen LogP contribution in [0.1, 0.15) is 50.2 Å². The van der Waals surface area contributed by atoms with Crippen molar-refractivity contribution < 1.29 is 27.9 Å². The average Bonchev–Trinajstić information content (AvgIpc) is 3.54. The lowest BCUT2D eigenvalue weighted by Gasteiger charge is -2.31. The lowest BCUT2D eigenvalue weighted by molar-refractivity contribution is -0.126. The third kappa shape index (κ3) is 6.09. The van der Waals surface area contributed by atoms with Crippen LogP contribution in [0.25, 0.3) is 0 Å². The van der Waals surface area contributed by atoms with Gasteiger partial charge in [-0.3, -0.25) is 14.4 Å². The van der Waals surface area contributed by atoms with E-state index < -0.39 is 35.4 Å². The van der Waals surface area contributed by atoms with Crippen molar-refractivity contribution in [2.75, 3.05) is 18.9 Å². The second kappa shape index (κ2) is 11.4. The van der Waals surface area contributed by atoms with Gasteiger partial charge in [-0.2, -0.15) is 4.37 Å². The fourth-order valence-electron chi connectivity index (χ4n) is 4.06. The molecule has 2 aromatic carbocycles. The largest absolute Gasteiger partial charge is 0.395 e. The molecule has 3 aromatic rings. The molecule has 4 rings (SSSR count). The number of halogens is 2. The molecule has 5 N–H and O–H groups in total. The number of amides is 3. The molecule has 1 aromatic heterocycles. The summed E-state index contributed by atoms with van der Waals surface area (Å²) in [6, 6.07) is 9.37. The van der Waals surface area contributed by atoms with E-state index in [4.69, 9.17) is 16.2 Å². The molecule has 1 aliphatic heterocycles. The summed E-state index contributed by atoms with van der Waals surface area (Å²) in [5.41, 5.74) is 11.7. The maximum Gasteiger partial charge on any atom is 0.270 e. The number of nitrogens with two attached hydrogens (primary N) is 2. The molecule has 9 nitrogen and oxygen atoms in total. The van der Waals surface area contributed by atoms with Crippen molar-refractivity contribution in [1.29, 1.82) is 0 Å². The quantitative estimate of drug-likeness (QED) is 0.389. The molecule has 0 spiro atoms. The van der Waals surface area contributed by atoms with Crippen LogP contribution in [0.15, 0.2) is 48.5 Å². The van der Waals surface area contributed by atoms with E-state index in [9.17, 15) is 23.2 Å². The first kappa shape index (κ1) is 26.2. The van der Waals surface area contributed by atoms with Gasteiger partial charge >= 0.3 is 0 Å². The molecule has 1 fully saturated rings. The van der Waals surface area contributed by atoms with E-state index in [1.807, 2.05) is 0 Å². The maximum atomic E-state index is 13.8. The van der Waals surface area contributed by atoms with Gasteiger partial charge in [0.15, 0.2) is 5.69 Å². The molecular weight excluding hydrogens is 504 g/mol. The highest BCUT2D eigenvalue weighted by atomic mass is 32.1. The number of hydrogen-bond donors (Lipinski definition) is 3. The van der Waals surface area contributed by atoms with Crippen LogP contribution in [0.2, 0.25) is 0 Å². The zero-order valence-electron chi connectivity index (χ0n) is 19.7. The minimum Gasteiger partial charge on any atom is -0.395 e. The number of hydrogen-bond acceptors (Lipinski definition) is 7. The fraction of sp³-hybridized carbons (Fsp3) is 0.280. The predicted octanol–water partition coefficient (Wildman–Crippen LogP) is 2.78. The number of benzene rings is 2. The zero-order valence-corrected chi connectivity index (χ0v) is 20.5. The van der Waals surface area contributed by atoms with Gasteiger partial charge in [-0.05, 0) is 59.8 Å². The highest BCUT2D eigenvalue weighted by Crippen LogP contribution is 2.30. The molecule has 2 heterocycles. The number of rotatable bonds is 9. The molecule has 3 amide bonds. The third-order valence-corrected chi connectivity index (χ3v) is 6.81. The van der Waals surface area contributed by atoms with Crippen molar-refractivity contribution in [1.82, 2.24) is 14.6 Å². The Labute approximate surface area is 215 Å². The van der Waals surface area contributed by atoms with Gasteiger partial charge in [0.25, 0.3) is 11.8 Å². The van der Waals surface area contributed by atoms with Gasteiger partial charge in [0, 0.05) is 19.7 Å². The molecule has 0 bridgehead atoms. The first-order valence-electron chi connectivity index (χ1n) is 11.5. The van der Waals surface area contributed by atoms with Crippen LogP contribution in [0, 0.1) is 11.6 Å². The lowest BCUT2D eigenvalue weighted by Crippen LogP contribution is -2.45. The van der Waals surface area contributed by atoms with E-state index in [1.165, 1.54) is 53.4 Å². The minimum absolute atomic E-state index is 0.0880. The standard InChI is InChI=1S/C25H25F2N5O4S/c26-16-7-3-14(4-8-16)13-32(25(35)22-19(28)20(23(29)33)31-37-22)21(15-5-9-17(27)10-6-15)24(34)30-12-18-2-1-11-36-18/h3-10,18,21H,1-2,11-13,28H2,(H2,29,33)(H,30,34)/t18-,21-/m0/s1. The van der Waals surface area contributed by atoms with E-state index >= 15 is 0 Å². The number of primary amides is 1. The lowest BCUT2D eigenvalue weighted by atomic mass is 10.0. The molecule has 194 valence electrons. The Morgan fingerprint density at radius 3 is 2.32 bits per heavy atom. The first-order chi connectivity index (χ1) is 17.7. The van der Waals surface area contributed by atoms with Crippen LogP contribution < -0.4 is 16.8 Å². The van der Waals surface area contributed by atoms with Crippen LogP contribution in [0.5, 0.6) is 0 Å². The highest BCUT2D eigenvalue weighted by molar-refractivity contribution is 7.09. The van der Waals surface area contributed by atoms with Crippen molar-refractivity contribution >= 4 is 34.9 Å². The number of nitrogens with one attached hydrogen (secondary N) is 1. The van der Waals surface area contributed by atoms with Crippen molar-refractivity contribution in [3.8, 4) is 0 Å². The van der Waals surface area contributed by atoms with Crippen LogP contribution in [0.4, 0.5) is 14.5 Å². The number of anilines is 1. The summed E-state index contributed by atoms with van der Waals surface area (Å²) in [4.78, 5) is 40.2. The van der Waals surface area contributed by atoms with E-state index in [1.54, 1.807) is 0 Å². The number of nitrogen functional groups attached to an aromatic ring is 1. The van der Waals surface area contributed by atoms with Gasteiger partial charge in [-0.15, -0.1) is 0 Å². The zero-order chi connectivity index (χ0) is 26.5. The van der Waals surface area contributed by atoms with Gasteiger partial charge in [-0.1, -0.05) is 24.3 Å². The molecule has 0 aliphatic carbocycles. The molecule has 37 heavy (non-hydrogen) atoms. The van der Waals surface area contributed by atoms with Crippen LogP contribution >= 0.6 is 11.5 Å². The van der Waals surface area contributed by atoms with Crippen molar-refractivity contribution in [2.24, 2.45) is 5.73 Å². The number of carbonyl (C=O) groups excluding carboxylic acids is 3. The summed E-state index contributed by atoms with van der Waals surface area (Å²) in [7, 11) is 0. The number of nitrogens with zero attached hydrogens (tertiary/aromatic N) is 2. The summed E-state index contributed by atoms with van der Waals surface area (Å²) in [5.74, 6) is -3.12. The summed E-state index contributed by atoms with van der Waals surface area (Å²) in [5, 5.41) is 2.83. The van der Waals surface area contributed by atoms with Gasteiger partial charge in [0.1, 0.15) is 22.6 Å². The van der Waals surface area contributed by atoms with Crippen LogP contribution in [-0.4, -0.2) is 46.3 Å². The molecule has 1 saturated heterocycles. The molecule has 2 atom stereocenters. The van der Waals surface area contributed by atoms with Crippen molar-refractivity contribution in [2.45, 2.75) is 31.5 Å². The summed E-state index contributed by atoms with van der Waals surface area (Å²) < 4.78 is 36.8. The smallest absolute Gasteiger partial charge is 0.270 e. The van der Waals surface area contributed by atoms with Crippen LogP contribution in [0.3, 0.4) is 0 Å². The fourth-order valence-corrected chi connectivity index (χ4v) is 4.82. The SMILES string of the molecule is NC(=O)c1nsc(C(=O)N(Cc2ccc(F)cc2)[C@H](C(=O)NC[C@@H]2CCCO2)c2ccc(F)cc2)c1N. The van der Waals surface area contributed by atoms with E-state index in [0.717, 1.165) is 12.8 Å². The summed E-state index contributed by atoms with van der Waals surface area (Å²) in [6.07, 6.45) is 1.51. The number of aromatic nitrogens is 1. The molecule has 0 unspecified atom stereocenters. The van der Waals surface area contributed by atoms with Crippen LogP contribution in [-0.2, 0) is 16.1 Å². The maximum absolute atomic E-state index is 13.8. The molecular formula is C25H25F2N5O4S. The Balaban J connectivity index is 1.75. The topological polar surface area (TPSA) is 141 Å². The summed E-state index contributed by atoms with van der Waals surface area (Å²) >= 11 is 0.676. The summed E-state index contributed by atoms with van der Waals surface area (Å²) in [6.45, 7) is 0.700. The molecule has 0 radical (unpaired) electrons. The second-order valence-corrected chi connectivity index (χ2v) is 9.31. The molecule has 1 aliphatic rings.